The van der Waals surface area contributed by atoms with Crippen molar-refractivity contribution in [1.82, 2.24) is 4.67 Å². The molecule has 2 atom stereocenters. The van der Waals surface area contributed by atoms with Gasteiger partial charge in [0.25, 0.3) is 8.53 Å². The van der Waals surface area contributed by atoms with E-state index in [1.807, 2.05) is 13.8 Å². The van der Waals surface area contributed by atoms with Gasteiger partial charge in [0.15, 0.2) is 17.0 Å². The number of piperidine rings is 1. The maximum absolute atomic E-state index is 7.58. The van der Waals surface area contributed by atoms with E-state index >= 15 is 0 Å². The first-order valence-electron chi connectivity index (χ1n) is 15.0. The molecular formula is C36H38NO4P. The molecule has 4 aromatic rings. The predicted octanol–water partition coefficient (Wildman–Crippen LogP) is 8.15. The average Bonchev–Trinajstić information content (AvgIpc) is 3.33. The second-order valence-corrected chi connectivity index (χ2v) is 13.3. The quantitative estimate of drug-likeness (QED) is 0.223. The fourth-order valence-electron chi connectivity index (χ4n) is 6.82. The third-order valence-electron chi connectivity index (χ3n) is 8.72. The summed E-state index contributed by atoms with van der Waals surface area (Å²) >= 11 is 0. The molecule has 0 N–H and O–H groups in total. The molecule has 0 spiro atoms. The zero-order chi connectivity index (χ0) is 28.6. The van der Waals surface area contributed by atoms with E-state index in [2.05, 4.69) is 126 Å². The lowest BCUT2D eigenvalue weighted by Crippen LogP contribution is -2.53. The standard InChI is InChI=1S/C36H38NO4P/c1-34(2)38-32-33(39-34)36(30-22-12-5-13-23-30,31-24-14-6-15-25-31)41-42(37-26-16-7-17-27-37)40-35(32,28-18-8-3-9-19-28)29-20-10-4-11-21-29/h3-6,8-15,18-25,32-33H,7,16-17,26-27H2,1-2H3/t32-,33-/m0/s1. The van der Waals surface area contributed by atoms with Gasteiger partial charge in [-0.3, -0.25) is 0 Å². The van der Waals surface area contributed by atoms with Gasteiger partial charge in [-0.15, -0.1) is 0 Å². The minimum atomic E-state index is -1.57. The fourth-order valence-corrected chi connectivity index (χ4v) is 8.82. The van der Waals surface area contributed by atoms with Crippen LogP contribution in [-0.4, -0.2) is 35.8 Å². The van der Waals surface area contributed by atoms with E-state index in [1.165, 1.54) is 6.42 Å². The Bertz CT molecular complexity index is 1280. The van der Waals surface area contributed by atoms with Crippen LogP contribution < -0.4 is 0 Å². The predicted molar refractivity (Wildman–Crippen MR) is 166 cm³/mol. The summed E-state index contributed by atoms with van der Waals surface area (Å²) in [7, 11) is -1.57. The van der Waals surface area contributed by atoms with E-state index in [0.717, 1.165) is 48.2 Å². The summed E-state index contributed by atoms with van der Waals surface area (Å²) < 4.78 is 31.7. The smallest absolute Gasteiger partial charge is 0.261 e. The minimum Gasteiger partial charge on any atom is -0.341 e. The molecule has 0 unspecified atom stereocenters. The van der Waals surface area contributed by atoms with E-state index < -0.39 is 37.7 Å². The molecule has 4 aromatic carbocycles. The number of benzene rings is 4. The average molecular weight is 580 g/mol. The Kier molecular flexibility index (Phi) is 7.52. The van der Waals surface area contributed by atoms with Crippen LogP contribution in [0.25, 0.3) is 0 Å². The first-order chi connectivity index (χ1) is 20.5. The van der Waals surface area contributed by atoms with Crippen LogP contribution >= 0.6 is 8.53 Å². The van der Waals surface area contributed by atoms with Gasteiger partial charge in [-0.2, -0.15) is 0 Å². The van der Waals surface area contributed by atoms with Crippen LogP contribution in [0.4, 0.5) is 0 Å². The van der Waals surface area contributed by atoms with Crippen molar-refractivity contribution in [3.05, 3.63) is 144 Å². The highest BCUT2D eigenvalue weighted by atomic mass is 31.2. The maximum atomic E-state index is 7.58. The zero-order valence-electron chi connectivity index (χ0n) is 24.3. The van der Waals surface area contributed by atoms with Crippen molar-refractivity contribution in [3.63, 3.8) is 0 Å². The highest BCUT2D eigenvalue weighted by molar-refractivity contribution is 7.44. The Morgan fingerprint density at radius 1 is 0.524 bits per heavy atom. The van der Waals surface area contributed by atoms with Crippen LogP contribution in [-0.2, 0) is 29.7 Å². The Balaban J connectivity index is 1.55. The molecule has 0 saturated carbocycles. The molecule has 0 aliphatic carbocycles. The molecule has 0 aromatic heterocycles. The number of nitrogens with zero attached hydrogens (tertiary/aromatic N) is 1. The Labute approximate surface area is 250 Å². The van der Waals surface area contributed by atoms with E-state index in [0.29, 0.717) is 0 Å². The van der Waals surface area contributed by atoms with Crippen molar-refractivity contribution in [3.8, 4) is 0 Å². The van der Waals surface area contributed by atoms with Crippen molar-refractivity contribution in [1.29, 1.82) is 0 Å². The third-order valence-corrected chi connectivity index (χ3v) is 10.5. The molecule has 0 amide bonds. The molecule has 7 rings (SSSR count). The highest BCUT2D eigenvalue weighted by Gasteiger charge is 2.67. The van der Waals surface area contributed by atoms with Gasteiger partial charge in [0, 0.05) is 13.1 Å². The van der Waals surface area contributed by atoms with Gasteiger partial charge in [-0.1, -0.05) is 128 Å². The SMILES string of the molecule is CC1(C)O[C@H]2[C@H](O1)C(c1ccccc1)(c1ccccc1)OP(N1CCCCC1)OC2(c1ccccc1)c1ccccc1. The van der Waals surface area contributed by atoms with Crippen LogP contribution in [0.1, 0.15) is 55.4 Å². The molecule has 0 bridgehead atoms. The van der Waals surface area contributed by atoms with Crippen molar-refractivity contribution < 1.29 is 18.5 Å². The molecule has 3 aliphatic heterocycles. The summed E-state index contributed by atoms with van der Waals surface area (Å²) in [4.78, 5) is 0. The molecule has 3 heterocycles. The van der Waals surface area contributed by atoms with Crippen LogP contribution in [0.3, 0.4) is 0 Å². The first kappa shape index (κ1) is 27.9. The summed E-state index contributed by atoms with van der Waals surface area (Å²) in [5.74, 6) is -0.878. The Hall–Kier alpha value is -2.89. The van der Waals surface area contributed by atoms with Gasteiger partial charge in [0.2, 0.25) is 0 Å². The number of ether oxygens (including phenoxy) is 2. The summed E-state index contributed by atoms with van der Waals surface area (Å²) in [6, 6.07) is 42.1. The lowest BCUT2D eigenvalue weighted by Gasteiger charge is -2.42. The summed E-state index contributed by atoms with van der Waals surface area (Å²) in [5, 5.41) is 0. The normalized spacial score (nSPS) is 25.4. The van der Waals surface area contributed by atoms with Crippen molar-refractivity contribution in [2.75, 3.05) is 13.1 Å². The van der Waals surface area contributed by atoms with Crippen molar-refractivity contribution >= 4 is 8.53 Å². The highest BCUT2D eigenvalue weighted by Crippen LogP contribution is 2.65. The largest absolute Gasteiger partial charge is 0.341 e. The van der Waals surface area contributed by atoms with Gasteiger partial charge in [0.05, 0.1) is 0 Å². The van der Waals surface area contributed by atoms with Crippen LogP contribution in [0.2, 0.25) is 0 Å². The van der Waals surface area contributed by atoms with Crippen LogP contribution in [0, 0.1) is 0 Å². The van der Waals surface area contributed by atoms with E-state index in [9.17, 15) is 0 Å². The van der Waals surface area contributed by atoms with Gasteiger partial charge < -0.3 is 18.5 Å². The van der Waals surface area contributed by atoms with Crippen molar-refractivity contribution in [2.24, 2.45) is 0 Å². The number of hydrogen-bond acceptors (Lipinski definition) is 5. The molecule has 3 saturated heterocycles. The second kappa shape index (κ2) is 11.3. The van der Waals surface area contributed by atoms with Crippen molar-refractivity contribution in [2.45, 2.75) is 62.3 Å². The summed E-state index contributed by atoms with van der Waals surface area (Å²) in [6.07, 6.45) is 2.39. The van der Waals surface area contributed by atoms with E-state index in [-0.39, 0.29) is 0 Å². The topological polar surface area (TPSA) is 40.2 Å². The third kappa shape index (κ3) is 4.73. The second-order valence-electron chi connectivity index (χ2n) is 11.8. The molecule has 6 heteroatoms. The van der Waals surface area contributed by atoms with E-state index in [4.69, 9.17) is 18.5 Å². The number of rotatable bonds is 5. The van der Waals surface area contributed by atoms with Gasteiger partial charge in [-0.05, 0) is 48.9 Å². The minimum absolute atomic E-state index is 0.532. The molecular weight excluding hydrogens is 541 g/mol. The van der Waals surface area contributed by atoms with Crippen LogP contribution in [0.15, 0.2) is 121 Å². The van der Waals surface area contributed by atoms with Gasteiger partial charge in [0.1, 0.15) is 12.2 Å². The lowest BCUT2D eigenvalue weighted by atomic mass is 9.72. The fraction of sp³-hybridized carbons (Fsp3) is 0.333. The molecule has 42 heavy (non-hydrogen) atoms. The Morgan fingerprint density at radius 2 is 0.857 bits per heavy atom. The monoisotopic (exact) mass is 579 g/mol. The molecule has 216 valence electrons. The maximum Gasteiger partial charge on any atom is 0.261 e. The first-order valence-corrected chi connectivity index (χ1v) is 16.2. The molecule has 5 nitrogen and oxygen atoms in total. The van der Waals surface area contributed by atoms with Gasteiger partial charge >= 0.3 is 0 Å². The zero-order valence-corrected chi connectivity index (χ0v) is 25.2. The summed E-state index contributed by atoms with van der Waals surface area (Å²) in [6.45, 7) is 5.84. The number of hydrogen-bond donors (Lipinski definition) is 0. The van der Waals surface area contributed by atoms with E-state index in [1.54, 1.807) is 0 Å². The van der Waals surface area contributed by atoms with Gasteiger partial charge in [-0.25, -0.2) is 4.67 Å². The molecule has 3 aliphatic rings. The molecule has 0 radical (unpaired) electrons. The number of fused-ring (bicyclic) bond motifs is 1. The molecule has 3 fully saturated rings. The Morgan fingerprint density at radius 3 is 1.19 bits per heavy atom. The van der Waals surface area contributed by atoms with Crippen LogP contribution in [0.5, 0.6) is 0 Å². The lowest BCUT2D eigenvalue weighted by molar-refractivity contribution is -0.175. The summed E-state index contributed by atoms with van der Waals surface area (Å²) in [5.41, 5.74) is 2.12.